The molecule has 4 N–H and O–H groups in total. The third-order valence-electron chi connectivity index (χ3n) is 17.6. The van der Waals surface area contributed by atoms with Crippen LogP contribution >= 0.6 is 15.6 Å². The topological polar surface area (TPSA) is 231 Å². The second-order valence-electron chi connectivity index (χ2n) is 28.2. The minimum absolute atomic E-state index is 0.0546. The maximum atomic E-state index is 13.0. The summed E-state index contributed by atoms with van der Waals surface area (Å²) in [6, 6.07) is 0. The number of hydrogen-bond donors (Lipinski definition) is 4. The van der Waals surface area contributed by atoms with Crippen LogP contribution in [0.2, 0.25) is 0 Å². The van der Waals surface area contributed by atoms with E-state index in [0.29, 0.717) is 19.3 Å². The van der Waals surface area contributed by atoms with Crippen molar-refractivity contribution in [3.05, 3.63) is 182 Å². The Labute approximate surface area is 675 Å². The second-order valence-corrected chi connectivity index (χ2v) is 31.1. The molecule has 0 spiro atoms. The van der Waals surface area contributed by atoms with Crippen LogP contribution in [0.15, 0.2) is 182 Å². The highest BCUT2D eigenvalue weighted by Gasteiger charge is 2.29. The molecular formula is C93H154O16P2. The molecule has 0 fully saturated rings. The first-order chi connectivity index (χ1) is 54.2. The maximum absolute atomic E-state index is 13.0. The summed E-state index contributed by atoms with van der Waals surface area (Å²) in [6.45, 7) is 2.29. The van der Waals surface area contributed by atoms with E-state index in [2.05, 4.69) is 203 Å². The number of phosphoric acid groups is 2. The number of ether oxygens (including phenoxy) is 3. The number of rotatable bonds is 80. The van der Waals surface area contributed by atoms with Crippen LogP contribution in [-0.4, -0.2) is 95.9 Å². The van der Waals surface area contributed by atoms with Crippen LogP contribution in [0.1, 0.15) is 329 Å². The number of phosphoric ester groups is 2. The van der Waals surface area contributed by atoms with Gasteiger partial charge in [0.15, 0.2) is 6.10 Å². The molecule has 18 heteroatoms. The maximum Gasteiger partial charge on any atom is 0.472 e. The lowest BCUT2D eigenvalue weighted by molar-refractivity contribution is -0.161. The summed E-state index contributed by atoms with van der Waals surface area (Å²) >= 11 is 0. The molecule has 0 aliphatic carbocycles. The molecule has 5 atom stereocenters. The first-order valence-electron chi connectivity index (χ1n) is 43.1. The van der Waals surface area contributed by atoms with Gasteiger partial charge >= 0.3 is 33.6 Å². The predicted octanol–water partition coefficient (Wildman–Crippen LogP) is 26.1. The Morgan fingerprint density at radius 2 is 0.450 bits per heavy atom. The predicted molar refractivity (Wildman–Crippen MR) is 463 cm³/mol. The van der Waals surface area contributed by atoms with Gasteiger partial charge in [0.2, 0.25) is 0 Å². The van der Waals surface area contributed by atoms with E-state index in [1.165, 1.54) is 103 Å². The third kappa shape index (κ3) is 85.4. The van der Waals surface area contributed by atoms with Crippen LogP contribution in [0.3, 0.4) is 0 Å². The van der Waals surface area contributed by atoms with Gasteiger partial charge in [-0.2, -0.15) is 0 Å². The highest BCUT2D eigenvalue weighted by atomic mass is 31.2. The molecule has 0 amide bonds. The van der Waals surface area contributed by atoms with E-state index < -0.39 is 91.5 Å². The zero-order valence-corrected chi connectivity index (χ0v) is 71.1. The lowest BCUT2D eigenvalue weighted by atomic mass is 10.0. The summed E-state index contributed by atoms with van der Waals surface area (Å²) in [7, 11) is -9.83. The van der Waals surface area contributed by atoms with Crippen LogP contribution in [0.25, 0.3) is 0 Å². The minimum Gasteiger partial charge on any atom is -0.463 e. The Bertz CT molecular complexity index is 2750. The van der Waals surface area contributed by atoms with Gasteiger partial charge in [-0.15, -0.1) is 0 Å². The van der Waals surface area contributed by atoms with Gasteiger partial charge in [-0.25, -0.2) is 9.13 Å². The zero-order valence-electron chi connectivity index (χ0n) is 69.3. The molecule has 0 aliphatic rings. The van der Waals surface area contributed by atoms with Gasteiger partial charge in [0.05, 0.1) is 26.4 Å². The lowest BCUT2D eigenvalue weighted by Crippen LogP contribution is -2.30. The average molecular weight is 1590 g/mol. The summed E-state index contributed by atoms with van der Waals surface area (Å²) in [5.74, 6) is -1.64. The number of unbranched alkanes of at least 4 members (excludes halogenated alkanes) is 27. The molecule has 0 saturated heterocycles. The van der Waals surface area contributed by atoms with E-state index in [0.717, 1.165) is 167 Å². The molecule has 111 heavy (non-hydrogen) atoms. The lowest BCUT2D eigenvalue weighted by Gasteiger charge is -2.21. The molecule has 0 radical (unpaired) electrons. The largest absolute Gasteiger partial charge is 0.472 e. The summed E-state index contributed by atoms with van der Waals surface area (Å²) in [4.78, 5) is 58.8. The van der Waals surface area contributed by atoms with Gasteiger partial charge in [0.25, 0.3) is 0 Å². The first-order valence-corrected chi connectivity index (χ1v) is 46.1. The quantitative estimate of drug-likeness (QED) is 0.0146. The molecule has 16 nitrogen and oxygen atoms in total. The highest BCUT2D eigenvalue weighted by molar-refractivity contribution is 7.47. The van der Waals surface area contributed by atoms with Gasteiger partial charge < -0.3 is 34.2 Å². The summed E-state index contributed by atoms with van der Waals surface area (Å²) in [5, 5.41) is 20.7. The normalized spacial score (nSPS) is 14.8. The molecule has 0 aromatic heterocycles. The monoisotopic (exact) mass is 1590 g/mol. The van der Waals surface area contributed by atoms with Gasteiger partial charge in [0, 0.05) is 19.3 Å². The molecular weight excluding hydrogens is 1430 g/mol. The van der Waals surface area contributed by atoms with Gasteiger partial charge in [-0.05, 0) is 154 Å². The van der Waals surface area contributed by atoms with Gasteiger partial charge in [-0.1, -0.05) is 338 Å². The van der Waals surface area contributed by atoms with E-state index in [4.69, 9.17) is 32.3 Å². The SMILES string of the molecule is CC/C=C\C/C=C\C/C=C\C/C=C\C/C=C\CCCCCCCCCCCCCCCCCCCCCC(=O)OCC(O)COP(=O)(O)OCC(O)COP(=O)(O)OCC(COC(=O)CCCCCCC/C=C\C/C=C\C/C=C\C/C=C\C/C=C\CC)OC(=O)CCCCC/C=C\C/C=C\C/C=C\C/C=C\C/C=C\CC. The highest BCUT2D eigenvalue weighted by Crippen LogP contribution is 2.45. The fraction of sp³-hybridized carbons (Fsp3) is 0.645. The fourth-order valence-corrected chi connectivity index (χ4v) is 12.8. The molecule has 0 aliphatic heterocycles. The van der Waals surface area contributed by atoms with E-state index in [1.807, 2.05) is 0 Å². The van der Waals surface area contributed by atoms with Crippen molar-refractivity contribution in [2.75, 3.05) is 39.6 Å². The van der Waals surface area contributed by atoms with Crippen molar-refractivity contribution in [2.45, 2.75) is 347 Å². The van der Waals surface area contributed by atoms with Crippen molar-refractivity contribution in [1.82, 2.24) is 0 Å². The Balaban J connectivity index is 4.52. The van der Waals surface area contributed by atoms with Crippen molar-refractivity contribution < 1.29 is 75.8 Å². The van der Waals surface area contributed by atoms with Crippen molar-refractivity contribution in [2.24, 2.45) is 0 Å². The van der Waals surface area contributed by atoms with Crippen LogP contribution < -0.4 is 0 Å². The summed E-state index contributed by atoms with van der Waals surface area (Å²) in [6.07, 6.45) is 110. The Hall–Kier alpha value is -5.35. The number of esters is 3. The smallest absolute Gasteiger partial charge is 0.463 e. The molecule has 0 saturated carbocycles. The number of carbonyl (C=O) groups is 3. The molecule has 0 bridgehead atoms. The van der Waals surface area contributed by atoms with E-state index in [-0.39, 0.29) is 19.3 Å². The number of hydrogen-bond acceptors (Lipinski definition) is 14. The Kier molecular flexibility index (Phi) is 80.0. The van der Waals surface area contributed by atoms with Crippen molar-refractivity contribution >= 4 is 33.6 Å². The van der Waals surface area contributed by atoms with Gasteiger partial charge in [0.1, 0.15) is 25.4 Å². The zero-order chi connectivity index (χ0) is 80.8. The van der Waals surface area contributed by atoms with Crippen LogP contribution in [-0.2, 0) is 55.8 Å². The van der Waals surface area contributed by atoms with Gasteiger partial charge in [-0.3, -0.25) is 32.5 Å². The minimum atomic E-state index is -4.96. The van der Waals surface area contributed by atoms with E-state index in [9.17, 15) is 43.5 Å². The number of carbonyl (C=O) groups excluding carboxylic acids is 3. The average Bonchev–Trinajstić information content (AvgIpc) is 0.901. The third-order valence-corrected chi connectivity index (χ3v) is 19.5. The standard InChI is InChI=1S/C93H154O16P2/c1-4-7-10-13-16-19-22-25-28-31-34-36-37-38-39-40-41-42-43-44-45-46-47-48-49-51-54-55-58-61-64-67-70-73-76-79-91(96)103-82-88(94)83-105-110(99,100)106-84-89(95)85-107-111(101,102)108-87-90(109-93(98)81-78-75-72-69-66-63-60-57-52-33-30-27-24-21-18-15-12-9-6-3)86-104-92(97)80-77-74-71-68-65-62-59-56-53-50-35-32-29-26-23-20-17-14-11-8-5-2/h7-12,16-21,25-30,34-36,38-39,50,52,56-57,59,63,66,88-90,94-95H,4-6,13-15,22-24,31-33,37,40-49,51,53-55,58,60-62,64-65,67-87H2,1-3H3,(H,99,100)(H,101,102)/b10-7-,11-8-,12-9-,19-16-,20-17-,21-18-,28-25-,29-26-,30-27-,36-34-,39-38-,50-35-,57-52-,59-56-,66-63-. The van der Waals surface area contributed by atoms with Crippen LogP contribution in [0.5, 0.6) is 0 Å². The van der Waals surface area contributed by atoms with Crippen molar-refractivity contribution in [1.29, 1.82) is 0 Å². The molecule has 0 heterocycles. The van der Waals surface area contributed by atoms with Crippen LogP contribution in [0.4, 0.5) is 0 Å². The number of allylic oxidation sites excluding steroid dienone is 30. The fourth-order valence-electron chi connectivity index (χ4n) is 11.2. The Morgan fingerprint density at radius 1 is 0.252 bits per heavy atom. The Morgan fingerprint density at radius 3 is 0.721 bits per heavy atom. The van der Waals surface area contributed by atoms with E-state index in [1.54, 1.807) is 0 Å². The molecule has 0 aromatic carbocycles. The second kappa shape index (κ2) is 84.1. The molecule has 0 rings (SSSR count). The molecule has 632 valence electrons. The molecule has 5 unspecified atom stereocenters. The van der Waals surface area contributed by atoms with Crippen molar-refractivity contribution in [3.63, 3.8) is 0 Å². The number of aliphatic hydroxyl groups is 2. The molecule has 0 aromatic rings. The van der Waals surface area contributed by atoms with Crippen LogP contribution in [0, 0.1) is 0 Å². The number of aliphatic hydroxyl groups excluding tert-OH is 2. The van der Waals surface area contributed by atoms with E-state index >= 15 is 0 Å². The summed E-state index contributed by atoms with van der Waals surface area (Å²) < 4.78 is 61.2. The first kappa shape index (κ1) is 106. The summed E-state index contributed by atoms with van der Waals surface area (Å²) in [5.41, 5.74) is 0. The van der Waals surface area contributed by atoms with Crippen molar-refractivity contribution in [3.8, 4) is 0 Å².